The van der Waals surface area contributed by atoms with E-state index in [1.165, 1.54) is 0 Å². The van der Waals surface area contributed by atoms with Crippen molar-refractivity contribution in [1.29, 1.82) is 0 Å². The summed E-state index contributed by atoms with van der Waals surface area (Å²) in [4.78, 5) is 0. The molecule has 1 aliphatic heterocycles. The maximum atomic E-state index is 9.77. The monoisotopic (exact) mass is 252 g/mol. The van der Waals surface area contributed by atoms with Crippen LogP contribution in [0.3, 0.4) is 0 Å². The van der Waals surface area contributed by atoms with Crippen molar-refractivity contribution in [3.63, 3.8) is 0 Å². The highest BCUT2D eigenvalue weighted by Gasteiger charge is 2.35. The van der Waals surface area contributed by atoms with Crippen molar-refractivity contribution >= 4 is 0 Å². The Kier molecular flexibility index (Phi) is 4.35. The molecular formula is C14H20O4. The Morgan fingerprint density at radius 3 is 2.78 bits per heavy atom. The molecular weight excluding hydrogens is 232 g/mol. The summed E-state index contributed by atoms with van der Waals surface area (Å²) in [5.74, 6) is -0.653. The Balaban J connectivity index is 1.79. The summed E-state index contributed by atoms with van der Waals surface area (Å²) in [7, 11) is 0. The predicted molar refractivity (Wildman–Crippen MR) is 67.0 cm³/mol. The second-order valence-corrected chi connectivity index (χ2v) is 4.94. The van der Waals surface area contributed by atoms with Gasteiger partial charge in [0, 0.05) is 0 Å². The summed E-state index contributed by atoms with van der Waals surface area (Å²) < 4.78 is 16.6. The third kappa shape index (κ3) is 3.78. The van der Waals surface area contributed by atoms with Gasteiger partial charge in [-0.3, -0.25) is 0 Å². The maximum absolute atomic E-state index is 9.77. The lowest BCUT2D eigenvalue weighted by Gasteiger charge is -2.38. The third-order valence-corrected chi connectivity index (χ3v) is 2.86. The molecule has 1 aromatic rings. The molecule has 1 fully saturated rings. The SMILES string of the molecule is CC1(C)OC[C@H](O)[C@H](COCc2ccccc2)O1. The van der Waals surface area contributed by atoms with Gasteiger partial charge in [-0.25, -0.2) is 0 Å². The first-order valence-electron chi connectivity index (χ1n) is 6.18. The molecule has 0 aliphatic carbocycles. The van der Waals surface area contributed by atoms with Crippen LogP contribution in [0.15, 0.2) is 30.3 Å². The summed E-state index contributed by atoms with van der Waals surface area (Å²) in [5, 5.41) is 9.77. The molecule has 0 bridgehead atoms. The van der Waals surface area contributed by atoms with E-state index in [1.54, 1.807) is 0 Å². The minimum Gasteiger partial charge on any atom is -0.388 e. The van der Waals surface area contributed by atoms with Crippen molar-refractivity contribution in [3.8, 4) is 0 Å². The lowest BCUT2D eigenvalue weighted by atomic mass is 10.2. The van der Waals surface area contributed by atoms with E-state index in [2.05, 4.69) is 0 Å². The van der Waals surface area contributed by atoms with E-state index in [1.807, 2.05) is 44.2 Å². The molecule has 0 unspecified atom stereocenters. The van der Waals surface area contributed by atoms with Gasteiger partial charge in [-0.15, -0.1) is 0 Å². The van der Waals surface area contributed by atoms with E-state index in [0.717, 1.165) is 5.56 Å². The Morgan fingerprint density at radius 1 is 1.33 bits per heavy atom. The number of aliphatic hydroxyl groups excluding tert-OH is 1. The van der Waals surface area contributed by atoms with Gasteiger partial charge >= 0.3 is 0 Å². The minimum atomic E-state index is -0.653. The van der Waals surface area contributed by atoms with Gasteiger partial charge in [0.1, 0.15) is 12.2 Å². The Hall–Kier alpha value is -0.940. The van der Waals surface area contributed by atoms with Crippen LogP contribution < -0.4 is 0 Å². The smallest absolute Gasteiger partial charge is 0.163 e. The number of hydrogen-bond donors (Lipinski definition) is 1. The molecule has 1 saturated heterocycles. The maximum Gasteiger partial charge on any atom is 0.163 e. The molecule has 0 spiro atoms. The van der Waals surface area contributed by atoms with Crippen LogP contribution in [0.25, 0.3) is 0 Å². The van der Waals surface area contributed by atoms with Crippen molar-refractivity contribution in [1.82, 2.24) is 0 Å². The second kappa shape index (κ2) is 5.80. The molecule has 1 aromatic carbocycles. The summed E-state index contributed by atoms with van der Waals surface area (Å²) in [5.41, 5.74) is 1.11. The zero-order valence-corrected chi connectivity index (χ0v) is 10.8. The first-order valence-corrected chi connectivity index (χ1v) is 6.18. The molecule has 0 saturated carbocycles. The van der Waals surface area contributed by atoms with Gasteiger partial charge in [0.05, 0.1) is 19.8 Å². The number of ether oxygens (including phenoxy) is 3. The molecule has 4 nitrogen and oxygen atoms in total. The highest BCUT2D eigenvalue weighted by Crippen LogP contribution is 2.22. The van der Waals surface area contributed by atoms with Crippen molar-refractivity contribution < 1.29 is 19.3 Å². The van der Waals surface area contributed by atoms with Gasteiger partial charge in [-0.05, 0) is 19.4 Å². The lowest BCUT2D eigenvalue weighted by Crippen LogP contribution is -2.50. The van der Waals surface area contributed by atoms with Crippen LogP contribution in [-0.4, -0.2) is 36.3 Å². The highest BCUT2D eigenvalue weighted by atomic mass is 16.7. The van der Waals surface area contributed by atoms with E-state index in [0.29, 0.717) is 13.2 Å². The summed E-state index contributed by atoms with van der Waals surface area (Å²) in [6.07, 6.45) is -0.966. The van der Waals surface area contributed by atoms with Crippen molar-refractivity contribution in [2.24, 2.45) is 0 Å². The fourth-order valence-electron chi connectivity index (χ4n) is 1.88. The number of hydrogen-bond acceptors (Lipinski definition) is 4. The quantitative estimate of drug-likeness (QED) is 0.886. The largest absolute Gasteiger partial charge is 0.388 e. The summed E-state index contributed by atoms with van der Waals surface area (Å²) >= 11 is 0. The van der Waals surface area contributed by atoms with Crippen LogP contribution in [0.1, 0.15) is 19.4 Å². The topological polar surface area (TPSA) is 47.9 Å². The molecule has 1 N–H and O–H groups in total. The van der Waals surface area contributed by atoms with E-state index >= 15 is 0 Å². The molecule has 0 aromatic heterocycles. The zero-order chi connectivity index (χ0) is 13.0. The number of rotatable bonds is 4. The fraction of sp³-hybridized carbons (Fsp3) is 0.571. The van der Waals surface area contributed by atoms with Crippen LogP contribution in [0.2, 0.25) is 0 Å². The van der Waals surface area contributed by atoms with Crippen molar-refractivity contribution in [3.05, 3.63) is 35.9 Å². The number of aliphatic hydroxyl groups is 1. The molecule has 4 heteroatoms. The molecule has 1 aliphatic rings. The van der Waals surface area contributed by atoms with Crippen LogP contribution in [0, 0.1) is 0 Å². The first-order chi connectivity index (χ1) is 8.57. The van der Waals surface area contributed by atoms with Gasteiger partial charge in [0.25, 0.3) is 0 Å². The molecule has 2 rings (SSSR count). The van der Waals surface area contributed by atoms with Crippen LogP contribution in [-0.2, 0) is 20.8 Å². The Labute approximate surface area is 107 Å². The van der Waals surface area contributed by atoms with Crippen LogP contribution in [0.4, 0.5) is 0 Å². The molecule has 100 valence electrons. The average Bonchev–Trinajstić information content (AvgIpc) is 2.35. The standard InChI is InChI=1S/C14H20O4/c1-14(2)17-9-12(15)13(18-14)10-16-8-11-6-4-3-5-7-11/h3-7,12-13,15H,8-10H2,1-2H3/t12-,13-/m0/s1. The predicted octanol–water partition coefficient (Wildman–Crippen LogP) is 1.72. The van der Waals surface area contributed by atoms with Crippen LogP contribution in [0.5, 0.6) is 0 Å². The third-order valence-electron chi connectivity index (χ3n) is 2.86. The summed E-state index contributed by atoms with van der Waals surface area (Å²) in [6, 6.07) is 9.93. The van der Waals surface area contributed by atoms with Gasteiger partial charge in [-0.1, -0.05) is 30.3 Å². The normalized spacial score (nSPS) is 27.1. The zero-order valence-electron chi connectivity index (χ0n) is 10.8. The van der Waals surface area contributed by atoms with E-state index in [4.69, 9.17) is 14.2 Å². The number of benzene rings is 1. The van der Waals surface area contributed by atoms with Crippen LogP contribution >= 0.6 is 0 Å². The van der Waals surface area contributed by atoms with Crippen molar-refractivity contribution in [2.75, 3.05) is 13.2 Å². The molecule has 0 amide bonds. The first kappa shape index (κ1) is 13.5. The van der Waals surface area contributed by atoms with Gasteiger partial charge < -0.3 is 19.3 Å². The lowest BCUT2D eigenvalue weighted by molar-refractivity contribution is -0.310. The van der Waals surface area contributed by atoms with E-state index < -0.39 is 11.9 Å². The fourth-order valence-corrected chi connectivity index (χ4v) is 1.88. The second-order valence-electron chi connectivity index (χ2n) is 4.94. The molecule has 0 radical (unpaired) electrons. The Bertz CT molecular complexity index is 363. The molecule has 2 atom stereocenters. The molecule has 1 heterocycles. The van der Waals surface area contributed by atoms with E-state index in [-0.39, 0.29) is 12.7 Å². The van der Waals surface area contributed by atoms with Crippen molar-refractivity contribution in [2.45, 2.75) is 38.4 Å². The molecule has 18 heavy (non-hydrogen) atoms. The van der Waals surface area contributed by atoms with Gasteiger partial charge in [-0.2, -0.15) is 0 Å². The van der Waals surface area contributed by atoms with E-state index in [9.17, 15) is 5.11 Å². The van der Waals surface area contributed by atoms with Gasteiger partial charge in [0.15, 0.2) is 5.79 Å². The Morgan fingerprint density at radius 2 is 2.06 bits per heavy atom. The highest BCUT2D eigenvalue weighted by molar-refractivity contribution is 5.13. The minimum absolute atomic E-state index is 0.284. The van der Waals surface area contributed by atoms with Gasteiger partial charge in [0.2, 0.25) is 0 Å². The summed E-state index contributed by atoms with van der Waals surface area (Å²) in [6.45, 7) is 4.84. The average molecular weight is 252 g/mol.